The van der Waals surface area contributed by atoms with Gasteiger partial charge < -0.3 is 10.3 Å². The van der Waals surface area contributed by atoms with Crippen LogP contribution in [0.25, 0.3) is 5.65 Å². The van der Waals surface area contributed by atoms with E-state index in [0.717, 1.165) is 5.69 Å². The van der Waals surface area contributed by atoms with Gasteiger partial charge >= 0.3 is 0 Å². The van der Waals surface area contributed by atoms with Gasteiger partial charge in [0.05, 0.1) is 12.2 Å². The summed E-state index contributed by atoms with van der Waals surface area (Å²) >= 11 is 0. The number of carbonyl (C=O) groups is 2. The predicted octanol–water partition coefficient (Wildman–Crippen LogP) is 2.08. The van der Waals surface area contributed by atoms with Gasteiger partial charge in [-0.25, -0.2) is 4.98 Å². The number of H-pyrrole nitrogens is 1. The molecule has 7 heteroatoms. The molecule has 2 N–H and O–H groups in total. The first-order valence-electron chi connectivity index (χ1n) is 8.26. The van der Waals surface area contributed by atoms with Crippen molar-refractivity contribution in [3.05, 3.63) is 68.5 Å². The molecule has 26 heavy (non-hydrogen) atoms. The summed E-state index contributed by atoms with van der Waals surface area (Å²) in [5.74, 6) is -0.431. The highest BCUT2D eigenvalue weighted by Gasteiger charge is 2.19. The van der Waals surface area contributed by atoms with Gasteiger partial charge in [-0.3, -0.25) is 18.8 Å². The molecule has 0 radical (unpaired) electrons. The summed E-state index contributed by atoms with van der Waals surface area (Å²) in [5, 5.41) is 2.75. The van der Waals surface area contributed by atoms with Crippen molar-refractivity contribution in [1.82, 2.24) is 19.7 Å². The van der Waals surface area contributed by atoms with E-state index in [9.17, 15) is 14.4 Å². The van der Waals surface area contributed by atoms with Crippen molar-refractivity contribution in [1.29, 1.82) is 0 Å². The largest absolute Gasteiger partial charge is 0.354 e. The van der Waals surface area contributed by atoms with Crippen LogP contribution in [0.4, 0.5) is 0 Å². The molecule has 0 aromatic carbocycles. The molecule has 7 nitrogen and oxygen atoms in total. The number of aryl methyl sites for hydroxylation is 2. The second kappa shape index (κ2) is 6.59. The number of nitrogens with zero attached hydrogens (tertiary/aromatic N) is 2. The Hall–Kier alpha value is -3.22. The van der Waals surface area contributed by atoms with Crippen LogP contribution >= 0.6 is 0 Å². The Morgan fingerprint density at radius 1 is 1.23 bits per heavy atom. The standard InChI is InChI=1S/C19H20N4O3/c1-10-6-5-7-15-22-14(8-16(25)23(10)15)9-20-19(26)18-11(2)17(13(4)24)12(3)21-18/h5-8,21H,9H2,1-4H3,(H,20,26). The Morgan fingerprint density at radius 2 is 1.96 bits per heavy atom. The molecule has 0 aliphatic carbocycles. The zero-order valence-corrected chi connectivity index (χ0v) is 15.1. The number of Topliss-reactive ketones (excluding diaryl/α,β-unsaturated/α-hetero) is 1. The minimum atomic E-state index is -0.343. The van der Waals surface area contributed by atoms with Gasteiger partial charge in [-0.05, 0) is 45.4 Å². The molecule has 0 fully saturated rings. The SMILES string of the molecule is CC(=O)c1c(C)[nH]c(C(=O)NCc2cc(=O)n3c(C)cccc3n2)c1C. The molecule has 134 valence electrons. The lowest BCUT2D eigenvalue weighted by Crippen LogP contribution is -2.26. The van der Waals surface area contributed by atoms with Crippen LogP contribution in [0.2, 0.25) is 0 Å². The molecule has 0 saturated carbocycles. The summed E-state index contributed by atoms with van der Waals surface area (Å²) in [5.41, 5.74) is 3.78. The molecule has 0 saturated heterocycles. The van der Waals surface area contributed by atoms with E-state index in [2.05, 4.69) is 15.3 Å². The Labute approximate surface area is 150 Å². The first kappa shape index (κ1) is 17.6. The van der Waals surface area contributed by atoms with E-state index >= 15 is 0 Å². The second-order valence-corrected chi connectivity index (χ2v) is 6.31. The van der Waals surface area contributed by atoms with E-state index in [1.165, 1.54) is 17.4 Å². The predicted molar refractivity (Wildman–Crippen MR) is 97.6 cm³/mol. The minimum Gasteiger partial charge on any atom is -0.354 e. The van der Waals surface area contributed by atoms with Crippen molar-refractivity contribution >= 4 is 17.3 Å². The van der Waals surface area contributed by atoms with E-state index in [4.69, 9.17) is 0 Å². The maximum Gasteiger partial charge on any atom is 0.268 e. The third kappa shape index (κ3) is 3.03. The van der Waals surface area contributed by atoms with E-state index in [1.807, 2.05) is 19.1 Å². The van der Waals surface area contributed by atoms with Crippen molar-refractivity contribution in [2.75, 3.05) is 0 Å². The first-order valence-corrected chi connectivity index (χ1v) is 8.26. The second-order valence-electron chi connectivity index (χ2n) is 6.31. The lowest BCUT2D eigenvalue weighted by Gasteiger charge is -2.08. The number of pyridine rings is 1. The molecule has 0 spiro atoms. The molecule has 3 heterocycles. The quantitative estimate of drug-likeness (QED) is 0.703. The highest BCUT2D eigenvalue weighted by Crippen LogP contribution is 2.18. The number of rotatable bonds is 4. The third-order valence-corrected chi connectivity index (χ3v) is 4.38. The summed E-state index contributed by atoms with van der Waals surface area (Å²) < 4.78 is 1.52. The van der Waals surface area contributed by atoms with Crippen LogP contribution in [-0.2, 0) is 6.54 Å². The zero-order valence-electron chi connectivity index (χ0n) is 15.1. The molecular weight excluding hydrogens is 332 g/mol. The Kier molecular flexibility index (Phi) is 4.46. The van der Waals surface area contributed by atoms with Crippen molar-refractivity contribution < 1.29 is 9.59 Å². The number of fused-ring (bicyclic) bond motifs is 1. The molecule has 0 bridgehead atoms. The van der Waals surface area contributed by atoms with Gasteiger partial charge in [0.1, 0.15) is 11.3 Å². The lowest BCUT2D eigenvalue weighted by molar-refractivity contribution is 0.0945. The Bertz CT molecular complexity index is 1090. The number of hydrogen-bond donors (Lipinski definition) is 2. The summed E-state index contributed by atoms with van der Waals surface area (Å²) in [7, 11) is 0. The Balaban J connectivity index is 1.85. The summed E-state index contributed by atoms with van der Waals surface area (Å²) in [6.07, 6.45) is 0. The summed E-state index contributed by atoms with van der Waals surface area (Å²) in [4.78, 5) is 43.8. The van der Waals surface area contributed by atoms with Crippen molar-refractivity contribution in [3.63, 3.8) is 0 Å². The Morgan fingerprint density at radius 3 is 2.62 bits per heavy atom. The molecule has 3 aromatic rings. The van der Waals surface area contributed by atoms with Crippen molar-refractivity contribution in [2.24, 2.45) is 0 Å². The fraction of sp³-hybridized carbons (Fsp3) is 0.263. The summed E-state index contributed by atoms with van der Waals surface area (Å²) in [6.45, 7) is 6.92. The number of amides is 1. The number of nitrogens with one attached hydrogen (secondary N) is 2. The van der Waals surface area contributed by atoms with Crippen LogP contribution in [-0.4, -0.2) is 26.1 Å². The van der Waals surface area contributed by atoms with E-state index in [0.29, 0.717) is 33.9 Å². The van der Waals surface area contributed by atoms with E-state index < -0.39 is 0 Å². The smallest absolute Gasteiger partial charge is 0.268 e. The molecule has 3 rings (SSSR count). The van der Waals surface area contributed by atoms with Crippen LogP contribution in [0.15, 0.2) is 29.1 Å². The van der Waals surface area contributed by atoms with Crippen LogP contribution in [0, 0.1) is 20.8 Å². The maximum absolute atomic E-state index is 12.5. The van der Waals surface area contributed by atoms with Crippen molar-refractivity contribution in [2.45, 2.75) is 34.2 Å². The van der Waals surface area contributed by atoms with Gasteiger partial charge in [0.25, 0.3) is 11.5 Å². The average Bonchev–Trinajstić information content (AvgIpc) is 2.87. The van der Waals surface area contributed by atoms with Gasteiger partial charge in [0.15, 0.2) is 5.78 Å². The number of carbonyl (C=O) groups excluding carboxylic acids is 2. The van der Waals surface area contributed by atoms with Crippen LogP contribution in [0.1, 0.15) is 50.4 Å². The van der Waals surface area contributed by atoms with Gasteiger partial charge in [-0.1, -0.05) is 6.07 Å². The van der Waals surface area contributed by atoms with E-state index in [-0.39, 0.29) is 23.8 Å². The number of aromatic amines is 1. The summed E-state index contributed by atoms with van der Waals surface area (Å²) in [6, 6.07) is 6.82. The van der Waals surface area contributed by atoms with Crippen molar-refractivity contribution in [3.8, 4) is 0 Å². The molecule has 0 aliphatic heterocycles. The minimum absolute atomic E-state index is 0.0881. The fourth-order valence-electron chi connectivity index (χ4n) is 3.22. The molecule has 0 atom stereocenters. The normalized spacial score (nSPS) is 10.9. The number of aromatic nitrogens is 3. The van der Waals surface area contributed by atoms with Crippen LogP contribution in [0.3, 0.4) is 0 Å². The number of ketones is 1. The van der Waals surface area contributed by atoms with Gasteiger partial charge in [-0.15, -0.1) is 0 Å². The monoisotopic (exact) mass is 352 g/mol. The highest BCUT2D eigenvalue weighted by atomic mass is 16.2. The van der Waals surface area contributed by atoms with Crippen LogP contribution < -0.4 is 10.9 Å². The maximum atomic E-state index is 12.5. The third-order valence-electron chi connectivity index (χ3n) is 4.38. The molecule has 0 aliphatic rings. The lowest BCUT2D eigenvalue weighted by atomic mass is 10.1. The molecular formula is C19H20N4O3. The molecule has 3 aromatic heterocycles. The zero-order chi connectivity index (χ0) is 19.0. The van der Waals surface area contributed by atoms with Gasteiger partial charge in [0, 0.05) is 23.0 Å². The van der Waals surface area contributed by atoms with Crippen LogP contribution in [0.5, 0.6) is 0 Å². The average molecular weight is 352 g/mol. The molecule has 1 amide bonds. The number of hydrogen-bond acceptors (Lipinski definition) is 4. The topological polar surface area (TPSA) is 96.3 Å². The van der Waals surface area contributed by atoms with E-state index in [1.54, 1.807) is 19.9 Å². The highest BCUT2D eigenvalue weighted by molar-refractivity contribution is 6.02. The molecule has 0 unspecified atom stereocenters. The van der Waals surface area contributed by atoms with Gasteiger partial charge in [0.2, 0.25) is 0 Å². The fourth-order valence-corrected chi connectivity index (χ4v) is 3.22. The van der Waals surface area contributed by atoms with Gasteiger partial charge in [-0.2, -0.15) is 0 Å². The first-order chi connectivity index (χ1) is 12.3.